The number of fused-ring (bicyclic) bond motifs is 1. The average Bonchev–Trinajstić information content (AvgIpc) is 2.95. The predicted octanol–water partition coefficient (Wildman–Crippen LogP) is 3.27. The number of amides is 1. The maximum absolute atomic E-state index is 12.1. The van der Waals surface area contributed by atoms with Crippen LogP contribution in [0, 0.1) is 0 Å². The number of carbonyl (C=O) groups excluding carboxylic acids is 1. The molecule has 2 N–H and O–H groups in total. The first-order chi connectivity index (χ1) is 9.83. The Labute approximate surface area is 120 Å². The minimum absolute atomic E-state index is 0.0520. The van der Waals surface area contributed by atoms with Crippen LogP contribution in [0.2, 0.25) is 0 Å². The highest BCUT2D eigenvalue weighted by Gasteiger charge is 2.13. The fourth-order valence-corrected chi connectivity index (χ4v) is 3.02. The number of benzene rings is 1. The Morgan fingerprint density at radius 1 is 1.25 bits per heavy atom. The van der Waals surface area contributed by atoms with Gasteiger partial charge in [-0.3, -0.25) is 4.79 Å². The molecule has 106 valence electrons. The lowest BCUT2D eigenvalue weighted by atomic mass is 9.97. The van der Waals surface area contributed by atoms with Crippen LogP contribution < -0.4 is 10.6 Å². The third-order valence-corrected chi connectivity index (χ3v) is 4.19. The van der Waals surface area contributed by atoms with Gasteiger partial charge in [-0.15, -0.1) is 0 Å². The zero-order valence-electron chi connectivity index (χ0n) is 11.9. The number of carbonyl (C=O) groups is 1. The molecule has 2 aliphatic rings. The minimum atomic E-state index is 0.0520. The number of nitrogens with one attached hydrogen (secondary N) is 2. The van der Waals surface area contributed by atoms with Gasteiger partial charge in [-0.2, -0.15) is 0 Å². The average molecular weight is 270 g/mol. The van der Waals surface area contributed by atoms with Crippen LogP contribution in [0.3, 0.4) is 0 Å². The molecule has 0 spiro atoms. The topological polar surface area (TPSA) is 41.1 Å². The van der Waals surface area contributed by atoms with E-state index in [9.17, 15) is 4.79 Å². The van der Waals surface area contributed by atoms with E-state index < -0.39 is 0 Å². The minimum Gasteiger partial charge on any atom is -0.384 e. The van der Waals surface area contributed by atoms with Gasteiger partial charge in [-0.1, -0.05) is 11.6 Å². The summed E-state index contributed by atoms with van der Waals surface area (Å²) in [6.45, 7) is 1.73. The molecule has 20 heavy (non-hydrogen) atoms. The first-order valence-electron chi connectivity index (χ1n) is 7.66. The van der Waals surface area contributed by atoms with E-state index in [0.717, 1.165) is 31.5 Å². The molecular formula is C17H22N2O. The number of allylic oxidation sites excluding steroid dienone is 1. The maximum atomic E-state index is 12.1. The molecule has 1 heterocycles. The summed E-state index contributed by atoms with van der Waals surface area (Å²) in [4.78, 5) is 12.1. The fourth-order valence-electron chi connectivity index (χ4n) is 3.02. The lowest BCUT2D eigenvalue weighted by molar-refractivity contribution is 0.0954. The van der Waals surface area contributed by atoms with Gasteiger partial charge in [0.25, 0.3) is 5.91 Å². The van der Waals surface area contributed by atoms with E-state index in [1.807, 2.05) is 18.2 Å². The maximum Gasteiger partial charge on any atom is 0.251 e. The molecule has 1 aliphatic heterocycles. The van der Waals surface area contributed by atoms with E-state index in [4.69, 9.17) is 0 Å². The molecule has 3 rings (SSSR count). The quantitative estimate of drug-likeness (QED) is 0.824. The second-order valence-corrected chi connectivity index (χ2v) is 5.66. The van der Waals surface area contributed by atoms with Crippen molar-refractivity contribution in [2.24, 2.45) is 0 Å². The molecule has 0 unspecified atom stereocenters. The molecule has 0 aromatic heterocycles. The highest BCUT2D eigenvalue weighted by atomic mass is 16.1. The molecular weight excluding hydrogens is 248 g/mol. The van der Waals surface area contributed by atoms with E-state index in [1.165, 1.54) is 42.5 Å². The number of hydrogen-bond donors (Lipinski definition) is 2. The van der Waals surface area contributed by atoms with Gasteiger partial charge in [0.15, 0.2) is 0 Å². The standard InChI is InChI=1S/C17H22N2O/c20-17(19-10-8-13-4-2-1-3-5-13)15-6-7-16-14(12-15)9-11-18-16/h4,6-7,12,18H,1-3,5,8-11H2,(H,19,20). The van der Waals surface area contributed by atoms with Crippen LogP contribution in [0.5, 0.6) is 0 Å². The van der Waals surface area contributed by atoms with Gasteiger partial charge in [0.2, 0.25) is 0 Å². The van der Waals surface area contributed by atoms with Gasteiger partial charge in [0.05, 0.1) is 0 Å². The van der Waals surface area contributed by atoms with Crippen molar-refractivity contribution in [3.05, 3.63) is 41.0 Å². The molecule has 1 aromatic rings. The lowest BCUT2D eigenvalue weighted by Gasteiger charge is -2.13. The molecule has 1 amide bonds. The second-order valence-electron chi connectivity index (χ2n) is 5.66. The van der Waals surface area contributed by atoms with Crippen LogP contribution in [0.25, 0.3) is 0 Å². The van der Waals surface area contributed by atoms with E-state index in [0.29, 0.717) is 0 Å². The van der Waals surface area contributed by atoms with Crippen molar-refractivity contribution in [1.29, 1.82) is 0 Å². The van der Waals surface area contributed by atoms with Crippen molar-refractivity contribution in [2.75, 3.05) is 18.4 Å². The number of rotatable bonds is 4. The molecule has 0 radical (unpaired) electrons. The second kappa shape index (κ2) is 6.12. The van der Waals surface area contributed by atoms with E-state index in [-0.39, 0.29) is 5.91 Å². The Bertz CT molecular complexity index is 534. The normalized spacial score (nSPS) is 17.1. The zero-order chi connectivity index (χ0) is 13.8. The van der Waals surface area contributed by atoms with Crippen LogP contribution >= 0.6 is 0 Å². The number of hydrogen-bond acceptors (Lipinski definition) is 2. The van der Waals surface area contributed by atoms with E-state index >= 15 is 0 Å². The van der Waals surface area contributed by atoms with Crippen LogP contribution in [-0.4, -0.2) is 19.0 Å². The van der Waals surface area contributed by atoms with Gasteiger partial charge in [0.1, 0.15) is 0 Å². The fraction of sp³-hybridized carbons (Fsp3) is 0.471. The van der Waals surface area contributed by atoms with Gasteiger partial charge in [-0.05, 0) is 62.3 Å². The summed E-state index contributed by atoms with van der Waals surface area (Å²) < 4.78 is 0. The lowest BCUT2D eigenvalue weighted by Crippen LogP contribution is -2.25. The van der Waals surface area contributed by atoms with Crippen LogP contribution in [-0.2, 0) is 6.42 Å². The van der Waals surface area contributed by atoms with Crippen LogP contribution in [0.4, 0.5) is 5.69 Å². The summed E-state index contributed by atoms with van der Waals surface area (Å²) in [5, 5.41) is 6.35. The van der Waals surface area contributed by atoms with Gasteiger partial charge >= 0.3 is 0 Å². The third-order valence-electron chi connectivity index (χ3n) is 4.19. The molecule has 0 saturated heterocycles. The van der Waals surface area contributed by atoms with Crippen molar-refractivity contribution in [2.45, 2.75) is 38.5 Å². The highest BCUT2D eigenvalue weighted by Crippen LogP contribution is 2.23. The zero-order valence-corrected chi connectivity index (χ0v) is 11.9. The van der Waals surface area contributed by atoms with Gasteiger partial charge in [-0.25, -0.2) is 0 Å². The Kier molecular flexibility index (Phi) is 4.05. The van der Waals surface area contributed by atoms with Gasteiger partial charge < -0.3 is 10.6 Å². The molecule has 0 atom stereocenters. The summed E-state index contributed by atoms with van der Waals surface area (Å²) in [6.07, 6.45) is 9.40. The van der Waals surface area contributed by atoms with Crippen molar-refractivity contribution >= 4 is 11.6 Å². The largest absolute Gasteiger partial charge is 0.384 e. The van der Waals surface area contributed by atoms with E-state index in [1.54, 1.807) is 0 Å². The van der Waals surface area contributed by atoms with Crippen molar-refractivity contribution in [3.8, 4) is 0 Å². The predicted molar refractivity (Wildman–Crippen MR) is 82.1 cm³/mol. The SMILES string of the molecule is O=C(NCCC1=CCCCC1)c1ccc2c(c1)CCN2. The Morgan fingerprint density at radius 2 is 2.20 bits per heavy atom. The van der Waals surface area contributed by atoms with Crippen molar-refractivity contribution in [1.82, 2.24) is 5.32 Å². The van der Waals surface area contributed by atoms with Gasteiger partial charge in [0, 0.05) is 24.3 Å². The first kappa shape index (κ1) is 13.2. The molecule has 1 aromatic carbocycles. The molecule has 0 bridgehead atoms. The van der Waals surface area contributed by atoms with Crippen molar-refractivity contribution in [3.63, 3.8) is 0 Å². The summed E-state index contributed by atoms with van der Waals surface area (Å²) in [6, 6.07) is 5.94. The molecule has 0 fully saturated rings. The monoisotopic (exact) mass is 270 g/mol. The summed E-state index contributed by atoms with van der Waals surface area (Å²) in [5.74, 6) is 0.0520. The van der Waals surface area contributed by atoms with Crippen LogP contribution in [0.15, 0.2) is 29.8 Å². The van der Waals surface area contributed by atoms with Crippen LogP contribution in [0.1, 0.15) is 48.0 Å². The number of anilines is 1. The molecule has 3 nitrogen and oxygen atoms in total. The molecule has 1 aliphatic carbocycles. The first-order valence-corrected chi connectivity index (χ1v) is 7.66. The smallest absolute Gasteiger partial charge is 0.251 e. The Hall–Kier alpha value is -1.77. The molecule has 3 heteroatoms. The highest BCUT2D eigenvalue weighted by molar-refractivity contribution is 5.95. The Morgan fingerprint density at radius 3 is 3.05 bits per heavy atom. The molecule has 0 saturated carbocycles. The third kappa shape index (κ3) is 3.03. The summed E-state index contributed by atoms with van der Waals surface area (Å²) in [7, 11) is 0. The Balaban J connectivity index is 1.52. The van der Waals surface area contributed by atoms with Crippen molar-refractivity contribution < 1.29 is 4.79 Å². The van der Waals surface area contributed by atoms with E-state index in [2.05, 4.69) is 16.7 Å². The summed E-state index contributed by atoms with van der Waals surface area (Å²) in [5.41, 5.74) is 4.72. The summed E-state index contributed by atoms with van der Waals surface area (Å²) >= 11 is 0.